The molecular formula is C37H57AcNO10. The average molecular weight is 903 g/mol. The largest absolute Gasteiger partial charge is 0.456 e. The van der Waals surface area contributed by atoms with Crippen LogP contribution in [0.3, 0.4) is 0 Å². The summed E-state index contributed by atoms with van der Waals surface area (Å²) in [5.74, 6) is -3.44. The number of carbonyl (C=O) groups is 4. The van der Waals surface area contributed by atoms with Crippen LogP contribution in [0.15, 0.2) is 22.8 Å². The van der Waals surface area contributed by atoms with Crippen LogP contribution in [0, 0.1) is 78.6 Å². The number of fused-ring (bicyclic) bond motifs is 5. The molecule has 12 heteroatoms. The van der Waals surface area contributed by atoms with E-state index in [1.807, 2.05) is 20.8 Å². The van der Waals surface area contributed by atoms with E-state index in [1.54, 1.807) is 61.5 Å². The van der Waals surface area contributed by atoms with Crippen LogP contribution < -0.4 is 5.32 Å². The summed E-state index contributed by atoms with van der Waals surface area (Å²) in [7, 11) is 0. The van der Waals surface area contributed by atoms with Crippen LogP contribution in [-0.2, 0) is 28.6 Å². The molecule has 3 saturated carbocycles. The molecular weight excluding hydrogens is 845 g/mol. The fourth-order valence-electron chi connectivity index (χ4n) is 9.42. The van der Waals surface area contributed by atoms with Crippen molar-refractivity contribution in [3.63, 3.8) is 0 Å². The molecule has 0 aromatic heterocycles. The van der Waals surface area contributed by atoms with Crippen molar-refractivity contribution in [1.29, 1.82) is 0 Å². The quantitative estimate of drug-likeness (QED) is 0.162. The summed E-state index contributed by atoms with van der Waals surface area (Å²) in [6.45, 7) is 19.7. The second kappa shape index (κ2) is 15.0. The van der Waals surface area contributed by atoms with Crippen molar-refractivity contribution in [2.45, 2.75) is 150 Å². The van der Waals surface area contributed by atoms with Crippen molar-refractivity contribution in [1.82, 2.24) is 5.32 Å². The maximum atomic E-state index is 14.9. The Balaban J connectivity index is 0.00000650. The SMILES string of the molecule is CCC(=O)OC1C(=O)[C@]2(C)C(O)C[C@H]3CCC3(O)[C@H]2[C@H](C)C2CC(OC(=O)C(O)C(C=C(C)C)NC(=O)OC(C)(C)C)C(C)=C1C2(C)C.[Ac]. The first kappa shape index (κ1) is 42.1. The van der Waals surface area contributed by atoms with Crippen molar-refractivity contribution < 1.29 is 92.8 Å². The number of Topliss-reactive ketones (excluding diaryl/α,β-unsaturated/α-hetero) is 1. The molecule has 0 aromatic rings. The van der Waals surface area contributed by atoms with Gasteiger partial charge in [0.15, 0.2) is 18.0 Å². The number of hydrogen-bond acceptors (Lipinski definition) is 10. The van der Waals surface area contributed by atoms with E-state index in [0.29, 0.717) is 24.0 Å². The van der Waals surface area contributed by atoms with Crippen molar-refractivity contribution in [2.75, 3.05) is 0 Å². The van der Waals surface area contributed by atoms with Gasteiger partial charge in [-0.15, -0.1) is 0 Å². The predicted octanol–water partition coefficient (Wildman–Crippen LogP) is 4.55. The van der Waals surface area contributed by atoms with Crippen LogP contribution in [0.2, 0.25) is 0 Å². The van der Waals surface area contributed by atoms with E-state index in [0.717, 1.165) is 12.0 Å². The van der Waals surface area contributed by atoms with Gasteiger partial charge in [-0.2, -0.15) is 0 Å². The van der Waals surface area contributed by atoms with Crippen molar-refractivity contribution >= 4 is 23.8 Å². The van der Waals surface area contributed by atoms with Gasteiger partial charge in [-0.25, -0.2) is 9.59 Å². The molecule has 7 unspecified atom stereocenters. The van der Waals surface area contributed by atoms with E-state index in [-0.39, 0.29) is 74.7 Å². The van der Waals surface area contributed by atoms with Gasteiger partial charge >= 0.3 is 18.0 Å². The first-order valence-corrected chi connectivity index (χ1v) is 17.4. The van der Waals surface area contributed by atoms with Gasteiger partial charge in [0, 0.05) is 56.4 Å². The monoisotopic (exact) mass is 902 g/mol. The Bertz CT molecular complexity index is 1380. The maximum Gasteiger partial charge on any atom is 0.408 e. The Morgan fingerprint density at radius 2 is 1.71 bits per heavy atom. The zero-order chi connectivity index (χ0) is 36.3. The van der Waals surface area contributed by atoms with E-state index in [9.17, 15) is 34.5 Å². The Kier molecular flexibility index (Phi) is 12.9. The van der Waals surface area contributed by atoms with Gasteiger partial charge < -0.3 is 34.8 Å². The first-order valence-electron chi connectivity index (χ1n) is 17.4. The minimum absolute atomic E-state index is 0. The maximum absolute atomic E-state index is 14.9. The standard InChI is InChI=1S/C37H57NO10.Ac/c1-12-26(40)47-29-27-20(5)24(46-32(43)28(41)23(15-18(2)3)38-33(44)48-34(6,7)8)17-22(35(27,9)10)19(4)30-36(11,31(29)42)25(39)16-21-13-14-37(21,30)45;/h15,19,21-25,28-30,39,41,45H,12-14,16-17H2,1-11H3,(H,38,44);/t19-,21-,22?,23?,24?,25?,28?,29?,30+,36-,37?;/m1./s1. The summed E-state index contributed by atoms with van der Waals surface area (Å²) in [6, 6.07) is -1.15. The van der Waals surface area contributed by atoms with Crippen molar-refractivity contribution in [3.8, 4) is 0 Å². The molecule has 4 rings (SSSR count). The number of carbonyl (C=O) groups excluding carboxylic acids is 4. The molecule has 0 heterocycles. The second-order valence-corrected chi connectivity index (χ2v) is 16.6. The third-order valence-electron chi connectivity index (χ3n) is 11.7. The molecule has 1 amide bonds. The van der Waals surface area contributed by atoms with Crippen LogP contribution in [-0.4, -0.2) is 80.8 Å². The van der Waals surface area contributed by atoms with Gasteiger partial charge in [0.1, 0.15) is 11.7 Å². The van der Waals surface area contributed by atoms with E-state index in [2.05, 4.69) is 5.32 Å². The van der Waals surface area contributed by atoms with Crippen molar-refractivity contribution in [3.05, 3.63) is 22.8 Å². The number of rotatable bonds is 7. The van der Waals surface area contributed by atoms with Gasteiger partial charge in [-0.1, -0.05) is 39.3 Å². The van der Waals surface area contributed by atoms with Crippen LogP contribution in [0.25, 0.3) is 0 Å². The number of nitrogens with one attached hydrogen (secondary N) is 1. The Labute approximate surface area is 326 Å². The van der Waals surface area contributed by atoms with Crippen LogP contribution in [0.4, 0.5) is 4.79 Å². The van der Waals surface area contributed by atoms with Crippen LogP contribution >= 0.6 is 0 Å². The first-order chi connectivity index (χ1) is 22.0. The zero-order valence-electron chi connectivity index (χ0n) is 31.1. The minimum atomic E-state index is -1.79. The molecule has 0 aliphatic heterocycles. The summed E-state index contributed by atoms with van der Waals surface area (Å²) in [5.41, 5.74) is -2.35. The normalized spacial score (nSPS) is 36.1. The van der Waals surface area contributed by atoms with Gasteiger partial charge in [-0.3, -0.25) is 9.59 Å². The van der Waals surface area contributed by atoms with E-state index in [4.69, 9.17) is 14.2 Å². The number of ketones is 1. The molecule has 273 valence electrons. The Morgan fingerprint density at radius 1 is 1.10 bits per heavy atom. The minimum Gasteiger partial charge on any atom is -0.456 e. The third-order valence-corrected chi connectivity index (χ3v) is 11.7. The van der Waals surface area contributed by atoms with Crippen molar-refractivity contribution in [2.24, 2.45) is 34.5 Å². The average Bonchev–Trinajstić information content (AvgIpc) is 2.96. The molecule has 4 N–H and O–H groups in total. The number of aliphatic hydroxyl groups excluding tert-OH is 2. The Morgan fingerprint density at radius 3 is 2.22 bits per heavy atom. The van der Waals surface area contributed by atoms with E-state index >= 15 is 0 Å². The molecule has 0 aromatic carbocycles. The fraction of sp³-hybridized carbons (Fsp3) is 0.784. The van der Waals surface area contributed by atoms with Gasteiger partial charge in [0.25, 0.3) is 0 Å². The van der Waals surface area contributed by atoms with E-state index < -0.39 is 82.2 Å². The van der Waals surface area contributed by atoms with Gasteiger partial charge in [0.05, 0.1) is 23.2 Å². The smallest absolute Gasteiger partial charge is 0.408 e. The van der Waals surface area contributed by atoms with Gasteiger partial charge in [-0.05, 0) is 108 Å². The molecule has 2 bridgehead atoms. The summed E-state index contributed by atoms with van der Waals surface area (Å²) in [5, 5.41) is 37.6. The number of amides is 1. The number of hydrogen-bond donors (Lipinski definition) is 4. The molecule has 0 spiro atoms. The molecule has 49 heavy (non-hydrogen) atoms. The Hall–Kier alpha value is -1.32. The molecule has 11 nitrogen and oxygen atoms in total. The number of alkyl carbamates (subject to hydrolysis) is 1. The van der Waals surface area contributed by atoms with Crippen LogP contribution in [0.5, 0.6) is 0 Å². The fourth-order valence-corrected chi connectivity index (χ4v) is 9.42. The number of aliphatic hydroxyl groups is 3. The molecule has 4 aliphatic rings. The molecule has 3 fully saturated rings. The summed E-state index contributed by atoms with van der Waals surface area (Å²) in [4.78, 5) is 54.0. The predicted molar refractivity (Wildman–Crippen MR) is 177 cm³/mol. The summed E-state index contributed by atoms with van der Waals surface area (Å²) < 4.78 is 17.3. The number of ether oxygens (including phenoxy) is 3. The topological polar surface area (TPSA) is 169 Å². The molecule has 1 radical (unpaired) electrons. The van der Waals surface area contributed by atoms with Crippen LogP contribution in [0.1, 0.15) is 108 Å². The summed E-state index contributed by atoms with van der Waals surface area (Å²) >= 11 is 0. The van der Waals surface area contributed by atoms with E-state index in [1.165, 1.54) is 0 Å². The summed E-state index contributed by atoms with van der Waals surface area (Å²) in [6.07, 6.45) is -2.52. The molecule has 11 atom stereocenters. The molecule has 0 saturated heterocycles. The number of allylic oxidation sites excluding steroid dienone is 1. The van der Waals surface area contributed by atoms with Gasteiger partial charge in [0.2, 0.25) is 0 Å². The zero-order valence-corrected chi connectivity index (χ0v) is 35.8. The molecule has 4 aliphatic carbocycles. The number of esters is 2. The third kappa shape index (κ3) is 7.75. The second-order valence-electron chi connectivity index (χ2n) is 16.6.